The molecule has 1 aromatic carbocycles. The summed E-state index contributed by atoms with van der Waals surface area (Å²) in [6.45, 7) is 9.95. The lowest BCUT2D eigenvalue weighted by atomic mass is 10.0. The van der Waals surface area contributed by atoms with E-state index in [0.29, 0.717) is 0 Å². The van der Waals surface area contributed by atoms with Crippen molar-refractivity contribution in [1.82, 2.24) is 14.9 Å². The average Bonchev–Trinajstić information content (AvgIpc) is 3.34. The molecule has 2 saturated heterocycles. The van der Waals surface area contributed by atoms with Gasteiger partial charge in [-0.3, -0.25) is 4.90 Å². The van der Waals surface area contributed by atoms with E-state index in [-0.39, 0.29) is 40.8 Å². The van der Waals surface area contributed by atoms with Crippen LogP contribution in [0.4, 0.5) is 24.7 Å². The van der Waals surface area contributed by atoms with Gasteiger partial charge in [-0.2, -0.15) is 18.4 Å². The number of hydrogen-bond donors (Lipinski definition) is 0. The number of alkyl halides is 3. The van der Waals surface area contributed by atoms with Crippen LogP contribution < -0.4 is 9.80 Å². The van der Waals surface area contributed by atoms with Crippen LogP contribution in [0.15, 0.2) is 29.2 Å². The van der Waals surface area contributed by atoms with E-state index in [1.54, 1.807) is 12.1 Å². The molecule has 2 aromatic rings. The summed E-state index contributed by atoms with van der Waals surface area (Å²) in [5.41, 5.74) is -0.329. The van der Waals surface area contributed by atoms with Gasteiger partial charge in [0.05, 0.1) is 15.2 Å². The molecular formula is C24H28ClF3N6O2S. The lowest BCUT2D eigenvalue weighted by Crippen LogP contribution is -2.53. The topological polar surface area (TPSA) is 93.4 Å². The Hall–Kier alpha value is -2.62. The molecule has 0 unspecified atom stereocenters. The molecule has 0 bridgehead atoms. The zero-order valence-corrected chi connectivity index (χ0v) is 22.3. The Morgan fingerprint density at radius 1 is 1.03 bits per heavy atom. The van der Waals surface area contributed by atoms with Crippen LogP contribution in [-0.2, 0) is 16.0 Å². The van der Waals surface area contributed by atoms with Crippen LogP contribution >= 0.6 is 11.6 Å². The normalized spacial score (nSPS) is 19.8. The molecule has 0 amide bonds. The maximum absolute atomic E-state index is 13.4. The SMILES string of the molecule is CC(C)(C)N1CCN(c2ccc(S(=O)(=O)[C@H]3CCN(c4cc(C(F)(F)F)nc(C#N)n4)C3)c(Cl)c2)CC1. The fourth-order valence-electron chi connectivity index (χ4n) is 4.71. The van der Waals surface area contributed by atoms with Crippen molar-refractivity contribution in [2.24, 2.45) is 0 Å². The second-order valence-electron chi connectivity index (χ2n) is 10.2. The zero-order valence-electron chi connectivity index (χ0n) is 20.8. The van der Waals surface area contributed by atoms with E-state index in [0.717, 1.165) is 37.9 Å². The van der Waals surface area contributed by atoms with Gasteiger partial charge in [0.2, 0.25) is 5.82 Å². The van der Waals surface area contributed by atoms with Crippen molar-refractivity contribution in [3.05, 3.63) is 40.8 Å². The number of rotatable bonds is 4. The first kappa shape index (κ1) is 27.4. The third kappa shape index (κ3) is 5.78. The fraction of sp³-hybridized carbons (Fsp3) is 0.542. The van der Waals surface area contributed by atoms with Crippen LogP contribution in [0.2, 0.25) is 5.02 Å². The summed E-state index contributed by atoms with van der Waals surface area (Å²) in [4.78, 5) is 13.1. The number of aromatic nitrogens is 2. The molecule has 4 rings (SSSR count). The summed E-state index contributed by atoms with van der Waals surface area (Å²) in [6.07, 6.45) is -4.58. The van der Waals surface area contributed by atoms with E-state index in [4.69, 9.17) is 16.9 Å². The molecule has 2 aliphatic heterocycles. The molecule has 37 heavy (non-hydrogen) atoms. The van der Waals surface area contributed by atoms with Crippen LogP contribution in [-0.4, -0.2) is 73.3 Å². The van der Waals surface area contributed by atoms with Crippen molar-refractivity contribution in [3.63, 3.8) is 0 Å². The first-order valence-electron chi connectivity index (χ1n) is 11.8. The highest BCUT2D eigenvalue weighted by Gasteiger charge is 2.38. The summed E-state index contributed by atoms with van der Waals surface area (Å²) in [5.74, 6) is -0.759. The van der Waals surface area contributed by atoms with Gasteiger partial charge in [-0.05, 0) is 45.4 Å². The molecule has 0 saturated carbocycles. The highest BCUT2D eigenvalue weighted by molar-refractivity contribution is 7.92. The van der Waals surface area contributed by atoms with E-state index in [2.05, 4.69) is 40.5 Å². The highest BCUT2D eigenvalue weighted by Crippen LogP contribution is 2.35. The minimum absolute atomic E-state index is 0.00511. The summed E-state index contributed by atoms with van der Waals surface area (Å²) in [7, 11) is -3.87. The first-order chi connectivity index (χ1) is 17.2. The van der Waals surface area contributed by atoms with Crippen LogP contribution in [0.3, 0.4) is 0 Å². The average molecular weight is 557 g/mol. The number of sulfone groups is 1. The van der Waals surface area contributed by atoms with Crippen molar-refractivity contribution in [1.29, 1.82) is 5.26 Å². The summed E-state index contributed by atoms with van der Waals surface area (Å²) >= 11 is 6.47. The number of hydrogen-bond acceptors (Lipinski definition) is 8. The molecule has 3 heterocycles. The second-order valence-corrected chi connectivity index (χ2v) is 12.8. The Balaban J connectivity index is 1.50. The molecule has 13 heteroatoms. The number of halogens is 4. The number of nitrogens with zero attached hydrogens (tertiary/aromatic N) is 6. The molecule has 200 valence electrons. The van der Waals surface area contributed by atoms with E-state index in [1.165, 1.54) is 17.0 Å². The van der Waals surface area contributed by atoms with Gasteiger partial charge < -0.3 is 9.80 Å². The Morgan fingerprint density at radius 2 is 1.70 bits per heavy atom. The largest absolute Gasteiger partial charge is 0.433 e. The second kappa shape index (κ2) is 9.93. The molecule has 1 atom stereocenters. The molecule has 0 spiro atoms. The molecule has 1 aromatic heterocycles. The van der Waals surface area contributed by atoms with Crippen LogP contribution in [0.5, 0.6) is 0 Å². The van der Waals surface area contributed by atoms with Crippen LogP contribution in [0.1, 0.15) is 38.7 Å². The first-order valence-corrected chi connectivity index (χ1v) is 13.8. The van der Waals surface area contributed by atoms with Crippen molar-refractivity contribution >= 4 is 32.9 Å². The summed E-state index contributed by atoms with van der Waals surface area (Å²) in [6, 6.07) is 7.18. The molecular weight excluding hydrogens is 529 g/mol. The molecule has 0 aliphatic carbocycles. The minimum atomic E-state index is -4.76. The molecule has 2 aliphatic rings. The molecule has 2 fully saturated rings. The van der Waals surface area contributed by atoms with Gasteiger partial charge in [0.25, 0.3) is 0 Å². The monoisotopic (exact) mass is 556 g/mol. The molecule has 0 N–H and O–H groups in total. The minimum Gasteiger partial charge on any atom is -0.369 e. The van der Waals surface area contributed by atoms with Crippen molar-refractivity contribution in [2.45, 2.75) is 49.1 Å². The van der Waals surface area contributed by atoms with Crippen molar-refractivity contribution in [2.75, 3.05) is 49.1 Å². The van der Waals surface area contributed by atoms with Gasteiger partial charge in [-0.25, -0.2) is 18.4 Å². The fourth-order valence-corrected chi connectivity index (χ4v) is 6.95. The highest BCUT2D eigenvalue weighted by atomic mass is 35.5. The number of piperazine rings is 1. The predicted octanol–water partition coefficient (Wildman–Crippen LogP) is 3.99. The smallest absolute Gasteiger partial charge is 0.369 e. The van der Waals surface area contributed by atoms with Crippen molar-refractivity contribution in [3.8, 4) is 6.07 Å². The maximum atomic E-state index is 13.4. The number of nitriles is 1. The lowest BCUT2D eigenvalue weighted by molar-refractivity contribution is -0.141. The predicted molar refractivity (Wildman–Crippen MR) is 135 cm³/mol. The van der Waals surface area contributed by atoms with E-state index >= 15 is 0 Å². The Bertz CT molecular complexity index is 1320. The van der Waals surface area contributed by atoms with Crippen LogP contribution in [0.25, 0.3) is 0 Å². The summed E-state index contributed by atoms with van der Waals surface area (Å²) in [5, 5.41) is 8.27. The molecule has 8 nitrogen and oxygen atoms in total. The number of benzene rings is 1. The molecule has 0 radical (unpaired) electrons. The van der Waals surface area contributed by atoms with Gasteiger partial charge in [-0.15, -0.1) is 0 Å². The standard InChI is InChI=1S/C24H28ClF3N6O2S/c1-23(2,3)34-10-8-32(9-11-34)16-4-5-19(18(25)12-16)37(35,36)17-6-7-33(15-17)22-13-20(24(26,27)28)30-21(14-29)31-22/h4-5,12-13,17H,6-11,15H2,1-3H3/t17-/m0/s1. The van der Waals surface area contributed by atoms with Crippen molar-refractivity contribution < 1.29 is 21.6 Å². The van der Waals surface area contributed by atoms with Gasteiger partial charge in [-0.1, -0.05) is 11.6 Å². The number of anilines is 2. The maximum Gasteiger partial charge on any atom is 0.433 e. The quantitative estimate of drug-likeness (QED) is 0.558. The van der Waals surface area contributed by atoms with Gasteiger partial charge in [0.1, 0.15) is 11.9 Å². The lowest BCUT2D eigenvalue weighted by Gasteiger charge is -2.43. The van der Waals surface area contributed by atoms with Crippen LogP contribution in [0, 0.1) is 11.3 Å². The van der Waals surface area contributed by atoms with E-state index in [9.17, 15) is 21.6 Å². The van der Waals surface area contributed by atoms with Gasteiger partial charge in [0, 0.05) is 56.6 Å². The van der Waals surface area contributed by atoms with Gasteiger partial charge in [0.15, 0.2) is 15.5 Å². The third-order valence-electron chi connectivity index (χ3n) is 6.83. The van der Waals surface area contributed by atoms with E-state index < -0.39 is 32.8 Å². The summed E-state index contributed by atoms with van der Waals surface area (Å²) < 4.78 is 66.5. The van der Waals surface area contributed by atoms with E-state index in [1.807, 2.05) is 0 Å². The Labute approximate surface area is 219 Å². The van der Waals surface area contributed by atoms with Gasteiger partial charge >= 0.3 is 6.18 Å². The Kier molecular flexibility index (Phi) is 7.35. The zero-order chi connectivity index (χ0) is 27.2. The Morgan fingerprint density at radius 3 is 2.27 bits per heavy atom. The third-order valence-corrected chi connectivity index (χ3v) is 9.48.